The number of nitrogens with one attached hydrogen (secondary N) is 2. The van der Waals surface area contributed by atoms with Gasteiger partial charge in [-0.05, 0) is 60.6 Å². The number of aromatic hydroxyl groups is 1. The van der Waals surface area contributed by atoms with Gasteiger partial charge in [0.05, 0.1) is 18.8 Å². The van der Waals surface area contributed by atoms with E-state index in [0.717, 1.165) is 48.1 Å². The highest BCUT2D eigenvalue weighted by molar-refractivity contribution is 5.89. The second-order valence-electron chi connectivity index (χ2n) is 7.81. The van der Waals surface area contributed by atoms with Crippen LogP contribution in [0.4, 0.5) is 10.5 Å². The van der Waals surface area contributed by atoms with Crippen molar-refractivity contribution in [3.05, 3.63) is 59.2 Å². The largest absolute Gasteiger partial charge is 0.508 e. The van der Waals surface area contributed by atoms with Crippen molar-refractivity contribution in [3.63, 3.8) is 0 Å². The van der Waals surface area contributed by atoms with Gasteiger partial charge in [0.15, 0.2) is 0 Å². The van der Waals surface area contributed by atoms with Gasteiger partial charge in [-0.3, -0.25) is 0 Å². The summed E-state index contributed by atoms with van der Waals surface area (Å²) >= 11 is 0. The number of benzene rings is 2. The second kappa shape index (κ2) is 8.65. The number of phenolic OH excluding ortho intramolecular Hbond substituents is 1. The zero-order valence-corrected chi connectivity index (χ0v) is 16.1. The Morgan fingerprint density at radius 2 is 1.89 bits per heavy atom. The maximum absolute atomic E-state index is 12.5. The standard InChI is InChI=1S/C23H28N2O3/c26-22-11-5-10-19-20(22)12-13-21(19)25-23(27)24-17-7-4-6-16(14-17)15-28-18-8-2-1-3-9-18/h4-7,10-11,14,18,21,26H,1-3,8-9,12-13,15H2,(H2,24,25,27). The van der Waals surface area contributed by atoms with Crippen molar-refractivity contribution in [2.45, 2.75) is 63.7 Å². The molecule has 2 aromatic rings. The van der Waals surface area contributed by atoms with Gasteiger partial charge in [0.1, 0.15) is 5.75 Å². The van der Waals surface area contributed by atoms with Crippen molar-refractivity contribution < 1.29 is 14.6 Å². The normalized spacial score (nSPS) is 19.2. The fourth-order valence-electron chi connectivity index (χ4n) is 4.30. The van der Waals surface area contributed by atoms with Gasteiger partial charge in [0.2, 0.25) is 0 Å². The number of hydrogen-bond donors (Lipinski definition) is 3. The number of urea groups is 1. The number of amides is 2. The molecular formula is C23H28N2O3. The third-order valence-electron chi connectivity index (χ3n) is 5.77. The van der Waals surface area contributed by atoms with E-state index < -0.39 is 0 Å². The van der Waals surface area contributed by atoms with Crippen LogP contribution in [-0.2, 0) is 17.8 Å². The maximum atomic E-state index is 12.5. The van der Waals surface area contributed by atoms with E-state index in [1.54, 1.807) is 6.07 Å². The number of rotatable bonds is 5. The van der Waals surface area contributed by atoms with Crippen LogP contribution in [0.3, 0.4) is 0 Å². The molecule has 0 bridgehead atoms. The average molecular weight is 380 g/mol. The number of hydrogen-bond acceptors (Lipinski definition) is 3. The van der Waals surface area contributed by atoms with E-state index in [9.17, 15) is 9.90 Å². The number of phenols is 1. The molecule has 2 amide bonds. The summed E-state index contributed by atoms with van der Waals surface area (Å²) in [5.74, 6) is 0.313. The average Bonchev–Trinajstić information content (AvgIpc) is 3.11. The molecule has 0 saturated heterocycles. The second-order valence-corrected chi connectivity index (χ2v) is 7.81. The van der Waals surface area contributed by atoms with E-state index in [4.69, 9.17) is 4.74 Å². The lowest BCUT2D eigenvalue weighted by Crippen LogP contribution is -2.31. The summed E-state index contributed by atoms with van der Waals surface area (Å²) < 4.78 is 6.03. The zero-order valence-electron chi connectivity index (χ0n) is 16.1. The molecule has 2 aliphatic carbocycles. The molecule has 148 valence electrons. The van der Waals surface area contributed by atoms with Gasteiger partial charge in [-0.1, -0.05) is 43.5 Å². The van der Waals surface area contributed by atoms with Gasteiger partial charge < -0.3 is 20.5 Å². The monoisotopic (exact) mass is 380 g/mol. The van der Waals surface area contributed by atoms with Crippen LogP contribution in [0.25, 0.3) is 0 Å². The lowest BCUT2D eigenvalue weighted by atomic mass is 9.98. The number of fused-ring (bicyclic) bond motifs is 1. The van der Waals surface area contributed by atoms with Crippen LogP contribution in [0.5, 0.6) is 5.75 Å². The fourth-order valence-corrected chi connectivity index (χ4v) is 4.30. The molecule has 5 heteroatoms. The van der Waals surface area contributed by atoms with Gasteiger partial charge in [-0.15, -0.1) is 0 Å². The summed E-state index contributed by atoms with van der Waals surface area (Å²) in [5.41, 5.74) is 3.77. The first kappa shape index (κ1) is 18.8. The predicted octanol–water partition coefficient (Wildman–Crippen LogP) is 5.05. The van der Waals surface area contributed by atoms with E-state index in [-0.39, 0.29) is 12.1 Å². The molecule has 0 aliphatic heterocycles. The van der Waals surface area contributed by atoms with Crippen LogP contribution < -0.4 is 10.6 Å². The molecule has 1 unspecified atom stereocenters. The molecule has 2 aromatic carbocycles. The third-order valence-corrected chi connectivity index (χ3v) is 5.77. The lowest BCUT2D eigenvalue weighted by Gasteiger charge is -2.22. The predicted molar refractivity (Wildman–Crippen MR) is 109 cm³/mol. The van der Waals surface area contributed by atoms with Crippen molar-refractivity contribution in [3.8, 4) is 5.75 Å². The van der Waals surface area contributed by atoms with Crippen molar-refractivity contribution in [1.29, 1.82) is 0 Å². The first-order valence-corrected chi connectivity index (χ1v) is 10.3. The first-order valence-electron chi connectivity index (χ1n) is 10.3. The van der Waals surface area contributed by atoms with Gasteiger partial charge >= 0.3 is 6.03 Å². The highest BCUT2D eigenvalue weighted by Gasteiger charge is 2.25. The molecule has 4 rings (SSSR count). The van der Waals surface area contributed by atoms with Gasteiger partial charge in [0.25, 0.3) is 0 Å². The number of anilines is 1. The van der Waals surface area contributed by atoms with Crippen LogP contribution in [0.1, 0.15) is 61.3 Å². The summed E-state index contributed by atoms with van der Waals surface area (Å²) in [4.78, 5) is 12.5. The minimum atomic E-state index is -0.230. The lowest BCUT2D eigenvalue weighted by molar-refractivity contribution is 0.0169. The maximum Gasteiger partial charge on any atom is 0.319 e. The zero-order chi connectivity index (χ0) is 19.3. The SMILES string of the molecule is O=C(Nc1cccc(COC2CCCCC2)c1)NC1CCc2c(O)cccc21. The van der Waals surface area contributed by atoms with Crippen LogP contribution in [0.15, 0.2) is 42.5 Å². The highest BCUT2D eigenvalue weighted by atomic mass is 16.5. The highest BCUT2D eigenvalue weighted by Crippen LogP contribution is 2.36. The summed E-state index contributed by atoms with van der Waals surface area (Å²) in [6.07, 6.45) is 8.09. The van der Waals surface area contributed by atoms with Crippen LogP contribution in [-0.4, -0.2) is 17.2 Å². The Morgan fingerprint density at radius 3 is 2.75 bits per heavy atom. The van der Waals surface area contributed by atoms with E-state index in [1.165, 1.54) is 19.3 Å². The van der Waals surface area contributed by atoms with Crippen LogP contribution in [0.2, 0.25) is 0 Å². The van der Waals surface area contributed by atoms with Crippen molar-refractivity contribution in [1.82, 2.24) is 5.32 Å². The molecule has 0 aromatic heterocycles. The number of carbonyl (C=O) groups is 1. The van der Waals surface area contributed by atoms with E-state index in [2.05, 4.69) is 10.6 Å². The minimum absolute atomic E-state index is 0.0695. The van der Waals surface area contributed by atoms with Crippen molar-refractivity contribution in [2.75, 3.05) is 5.32 Å². The van der Waals surface area contributed by atoms with Crippen LogP contribution >= 0.6 is 0 Å². The Hall–Kier alpha value is -2.53. The summed E-state index contributed by atoms with van der Waals surface area (Å²) in [6, 6.07) is 13.0. The Labute approximate surface area is 166 Å². The Balaban J connectivity index is 1.32. The molecule has 0 spiro atoms. The van der Waals surface area contributed by atoms with Gasteiger partial charge in [-0.2, -0.15) is 0 Å². The molecule has 1 atom stereocenters. The molecule has 0 heterocycles. The van der Waals surface area contributed by atoms with E-state index in [0.29, 0.717) is 18.5 Å². The number of ether oxygens (including phenoxy) is 1. The van der Waals surface area contributed by atoms with E-state index in [1.807, 2.05) is 36.4 Å². The summed E-state index contributed by atoms with van der Waals surface area (Å²) in [5, 5.41) is 15.9. The first-order chi connectivity index (χ1) is 13.7. The topological polar surface area (TPSA) is 70.6 Å². The molecule has 1 saturated carbocycles. The Bertz CT molecular complexity index is 830. The van der Waals surface area contributed by atoms with Crippen molar-refractivity contribution >= 4 is 11.7 Å². The number of carbonyl (C=O) groups excluding carboxylic acids is 1. The summed E-state index contributed by atoms with van der Waals surface area (Å²) in [6.45, 7) is 0.580. The Kier molecular flexibility index (Phi) is 5.81. The third kappa shape index (κ3) is 4.47. The van der Waals surface area contributed by atoms with Gasteiger partial charge in [0, 0.05) is 5.69 Å². The Morgan fingerprint density at radius 1 is 1.07 bits per heavy atom. The molecular weight excluding hydrogens is 352 g/mol. The molecule has 3 N–H and O–H groups in total. The van der Waals surface area contributed by atoms with Crippen molar-refractivity contribution in [2.24, 2.45) is 0 Å². The quantitative estimate of drug-likeness (QED) is 0.680. The molecule has 5 nitrogen and oxygen atoms in total. The molecule has 28 heavy (non-hydrogen) atoms. The van der Waals surface area contributed by atoms with Gasteiger partial charge in [-0.25, -0.2) is 4.79 Å². The molecule has 0 radical (unpaired) electrons. The molecule has 2 aliphatic rings. The smallest absolute Gasteiger partial charge is 0.319 e. The van der Waals surface area contributed by atoms with Crippen LogP contribution in [0, 0.1) is 0 Å². The minimum Gasteiger partial charge on any atom is -0.508 e. The summed E-state index contributed by atoms with van der Waals surface area (Å²) in [7, 11) is 0. The van der Waals surface area contributed by atoms with E-state index >= 15 is 0 Å². The fraction of sp³-hybridized carbons (Fsp3) is 0.435. The molecule has 1 fully saturated rings.